The molecule has 1 N–H and O–H groups in total. The highest BCUT2D eigenvalue weighted by Crippen LogP contribution is 2.26. The predicted molar refractivity (Wildman–Crippen MR) is 77.6 cm³/mol. The van der Waals surface area contributed by atoms with Crippen LogP contribution in [0.15, 0.2) is 24.3 Å². The molecule has 0 radical (unpaired) electrons. The van der Waals surface area contributed by atoms with Crippen LogP contribution in [0.3, 0.4) is 0 Å². The molecule has 0 heterocycles. The molecule has 1 rings (SSSR count). The van der Waals surface area contributed by atoms with Crippen molar-refractivity contribution in [3.63, 3.8) is 0 Å². The van der Waals surface area contributed by atoms with E-state index in [9.17, 15) is 9.90 Å². The molecule has 0 saturated carbocycles. The highest BCUT2D eigenvalue weighted by atomic mass is 16.5. The van der Waals surface area contributed by atoms with Crippen LogP contribution in [0, 0.1) is 0 Å². The van der Waals surface area contributed by atoms with E-state index >= 15 is 0 Å². The smallest absolute Gasteiger partial charge is 0.330 e. The van der Waals surface area contributed by atoms with Crippen molar-refractivity contribution in [3.05, 3.63) is 29.8 Å². The number of benzene rings is 1. The Morgan fingerprint density at radius 3 is 2.60 bits per heavy atom. The molecule has 0 fully saturated rings. The van der Waals surface area contributed by atoms with Gasteiger partial charge in [0, 0.05) is 6.08 Å². The number of phenolic OH excluding ortho intramolecular Hbond substituents is 1. The van der Waals surface area contributed by atoms with Crippen LogP contribution in [-0.4, -0.2) is 57.0 Å². The lowest BCUT2D eigenvalue weighted by Crippen LogP contribution is -2.37. The maximum absolute atomic E-state index is 11.5. The molecule has 0 aliphatic carbocycles. The van der Waals surface area contributed by atoms with Gasteiger partial charge in [0.1, 0.15) is 13.2 Å². The summed E-state index contributed by atoms with van der Waals surface area (Å²) in [6.07, 6.45) is 2.93. The van der Waals surface area contributed by atoms with Crippen molar-refractivity contribution in [2.24, 2.45) is 0 Å². The van der Waals surface area contributed by atoms with E-state index in [1.54, 1.807) is 18.2 Å². The second-order valence-corrected chi connectivity index (χ2v) is 5.45. The number of aromatic hydroxyl groups is 1. The van der Waals surface area contributed by atoms with E-state index in [0.717, 1.165) is 11.0 Å². The zero-order chi connectivity index (χ0) is 15.2. The molecule has 1 aromatic carbocycles. The van der Waals surface area contributed by atoms with Crippen molar-refractivity contribution in [2.75, 3.05) is 41.4 Å². The lowest BCUT2D eigenvalue weighted by molar-refractivity contribution is -0.870. The third-order valence-corrected chi connectivity index (χ3v) is 2.62. The van der Waals surface area contributed by atoms with E-state index < -0.39 is 5.97 Å². The molecule has 0 atom stereocenters. The minimum Gasteiger partial charge on any atom is -0.504 e. The molecule has 110 valence electrons. The number of carbonyl (C=O) groups is 1. The summed E-state index contributed by atoms with van der Waals surface area (Å²) < 4.78 is 10.8. The number of quaternary nitrogens is 1. The number of methoxy groups -OCH3 is 1. The zero-order valence-electron chi connectivity index (χ0n) is 12.4. The van der Waals surface area contributed by atoms with Crippen LogP contribution in [-0.2, 0) is 9.53 Å². The Hall–Kier alpha value is -2.01. The number of hydrogen-bond donors (Lipinski definition) is 1. The first kappa shape index (κ1) is 16.0. The number of phenols is 1. The summed E-state index contributed by atoms with van der Waals surface area (Å²) in [5.41, 5.74) is 0.701. The highest BCUT2D eigenvalue weighted by Gasteiger charge is 2.07. The molecule has 0 aromatic heterocycles. The average Bonchev–Trinajstić information content (AvgIpc) is 2.35. The van der Waals surface area contributed by atoms with Crippen LogP contribution in [0.1, 0.15) is 5.56 Å². The molecular weight excluding hydrogens is 258 g/mol. The van der Waals surface area contributed by atoms with Crippen molar-refractivity contribution in [1.82, 2.24) is 0 Å². The van der Waals surface area contributed by atoms with Gasteiger partial charge in [0.25, 0.3) is 0 Å². The zero-order valence-corrected chi connectivity index (χ0v) is 12.4. The van der Waals surface area contributed by atoms with Gasteiger partial charge < -0.3 is 19.1 Å². The topological polar surface area (TPSA) is 55.8 Å². The number of nitrogens with zero attached hydrogens (tertiary/aromatic N) is 1. The summed E-state index contributed by atoms with van der Waals surface area (Å²) in [7, 11) is 7.58. The number of ether oxygens (including phenoxy) is 2. The summed E-state index contributed by atoms with van der Waals surface area (Å²) in [5, 5.41) is 9.61. The van der Waals surface area contributed by atoms with Crippen molar-refractivity contribution in [2.45, 2.75) is 0 Å². The number of esters is 1. The quantitative estimate of drug-likeness (QED) is 0.489. The molecule has 0 unspecified atom stereocenters. The Morgan fingerprint density at radius 2 is 2.05 bits per heavy atom. The fourth-order valence-corrected chi connectivity index (χ4v) is 1.44. The van der Waals surface area contributed by atoms with Gasteiger partial charge in [0.2, 0.25) is 0 Å². The van der Waals surface area contributed by atoms with Gasteiger partial charge in [-0.25, -0.2) is 4.79 Å². The summed E-state index contributed by atoms with van der Waals surface area (Å²) in [6, 6.07) is 4.90. The first-order valence-electron chi connectivity index (χ1n) is 6.34. The van der Waals surface area contributed by atoms with Crippen LogP contribution in [0.2, 0.25) is 0 Å². The average molecular weight is 280 g/mol. The molecule has 0 aliphatic rings. The van der Waals surface area contributed by atoms with Crippen LogP contribution in [0.4, 0.5) is 0 Å². The molecule has 0 bridgehead atoms. The van der Waals surface area contributed by atoms with E-state index in [1.165, 1.54) is 19.3 Å². The molecule has 5 heteroatoms. The Labute approximate surface area is 119 Å². The van der Waals surface area contributed by atoms with Gasteiger partial charge in [-0.3, -0.25) is 0 Å². The number of hydrogen-bond acceptors (Lipinski definition) is 4. The number of rotatable bonds is 6. The summed E-state index contributed by atoms with van der Waals surface area (Å²) in [6.45, 7) is 1.13. The Balaban J connectivity index is 2.51. The van der Waals surface area contributed by atoms with Gasteiger partial charge >= 0.3 is 5.97 Å². The molecule has 0 saturated heterocycles. The summed E-state index contributed by atoms with van der Waals surface area (Å²) >= 11 is 0. The van der Waals surface area contributed by atoms with Gasteiger partial charge in [0.15, 0.2) is 11.5 Å². The molecule has 1 aromatic rings. The van der Waals surface area contributed by atoms with E-state index in [4.69, 9.17) is 9.47 Å². The lowest BCUT2D eigenvalue weighted by atomic mass is 10.2. The fourth-order valence-electron chi connectivity index (χ4n) is 1.44. The molecular formula is C15H22NO4+. The SMILES string of the molecule is COc1ccc(/C=C/C(=O)OCC[N+](C)(C)C)cc1O. The normalized spacial score (nSPS) is 11.6. The van der Waals surface area contributed by atoms with E-state index in [2.05, 4.69) is 0 Å². The third kappa shape index (κ3) is 5.75. The highest BCUT2D eigenvalue weighted by molar-refractivity contribution is 5.87. The van der Waals surface area contributed by atoms with Crippen molar-refractivity contribution in [3.8, 4) is 11.5 Å². The van der Waals surface area contributed by atoms with Crippen LogP contribution in [0.5, 0.6) is 11.5 Å². The van der Waals surface area contributed by atoms with E-state index in [0.29, 0.717) is 17.9 Å². The van der Waals surface area contributed by atoms with Crippen LogP contribution >= 0.6 is 0 Å². The molecule has 0 aliphatic heterocycles. The first-order chi connectivity index (χ1) is 9.31. The second kappa shape index (κ2) is 6.96. The molecule has 0 spiro atoms. The van der Waals surface area contributed by atoms with Crippen molar-refractivity contribution in [1.29, 1.82) is 0 Å². The van der Waals surface area contributed by atoms with Crippen LogP contribution in [0.25, 0.3) is 6.08 Å². The lowest BCUT2D eigenvalue weighted by Gasteiger charge is -2.23. The van der Waals surface area contributed by atoms with E-state index in [-0.39, 0.29) is 5.75 Å². The van der Waals surface area contributed by atoms with Gasteiger partial charge in [0.05, 0.1) is 28.3 Å². The minimum absolute atomic E-state index is 0.0352. The predicted octanol–water partition coefficient (Wildman–Crippen LogP) is 1.66. The van der Waals surface area contributed by atoms with Gasteiger partial charge in [-0.15, -0.1) is 0 Å². The Morgan fingerprint density at radius 1 is 1.35 bits per heavy atom. The van der Waals surface area contributed by atoms with Gasteiger partial charge in [-0.05, 0) is 23.8 Å². The molecule has 20 heavy (non-hydrogen) atoms. The van der Waals surface area contributed by atoms with Gasteiger partial charge in [-0.1, -0.05) is 6.07 Å². The minimum atomic E-state index is -0.395. The number of carbonyl (C=O) groups excluding carboxylic acids is 1. The Kier molecular flexibility index (Phi) is 5.58. The number of likely N-dealkylation sites (N-methyl/N-ethyl adjacent to an activating group) is 1. The maximum atomic E-state index is 11.5. The summed E-state index contributed by atoms with van der Waals surface area (Å²) in [5.74, 6) is 0.0366. The summed E-state index contributed by atoms with van der Waals surface area (Å²) in [4.78, 5) is 11.5. The fraction of sp³-hybridized carbons (Fsp3) is 0.400. The van der Waals surface area contributed by atoms with Crippen molar-refractivity contribution >= 4 is 12.0 Å². The van der Waals surface area contributed by atoms with E-state index in [1.807, 2.05) is 21.1 Å². The Bertz CT molecular complexity index is 489. The second-order valence-electron chi connectivity index (χ2n) is 5.45. The van der Waals surface area contributed by atoms with Gasteiger partial charge in [-0.2, -0.15) is 0 Å². The van der Waals surface area contributed by atoms with Crippen LogP contribution < -0.4 is 4.74 Å². The molecule has 0 amide bonds. The van der Waals surface area contributed by atoms with Crippen molar-refractivity contribution < 1.29 is 23.9 Å². The molecule has 5 nitrogen and oxygen atoms in total. The first-order valence-corrected chi connectivity index (χ1v) is 6.34. The largest absolute Gasteiger partial charge is 0.504 e. The third-order valence-electron chi connectivity index (χ3n) is 2.62. The standard InChI is InChI=1S/C15H21NO4/c1-16(2,3)9-10-20-15(18)8-6-12-5-7-14(19-4)13(17)11-12/h5-8,11H,9-10H2,1-4H3/p+1/b8-6+. The monoisotopic (exact) mass is 280 g/mol. The maximum Gasteiger partial charge on any atom is 0.330 e.